The van der Waals surface area contributed by atoms with Crippen molar-refractivity contribution in [1.82, 2.24) is 9.97 Å². The van der Waals surface area contributed by atoms with Crippen molar-refractivity contribution in [3.63, 3.8) is 0 Å². The summed E-state index contributed by atoms with van der Waals surface area (Å²) in [6.45, 7) is 11.2. The molecule has 9 aromatic rings. The van der Waals surface area contributed by atoms with Gasteiger partial charge in [-0.25, -0.2) is 15.0 Å². The molecule has 8 aromatic carbocycles. The van der Waals surface area contributed by atoms with E-state index in [0.717, 1.165) is 50.5 Å². The molecule has 272 valence electrons. The Balaban J connectivity index is 1.03. The topological polar surface area (TPSA) is 38.1 Å². The van der Waals surface area contributed by atoms with Crippen LogP contribution in [0.4, 0.5) is 5.69 Å². The maximum atomic E-state index is 5.32. The SMILES string of the molecule is C=CC(=Nc1ccccc1C(C)c1cccc2ccccc12)c1ccc2c(c1)C(C)(C)c1cc(-c3nc(-c4cccc5ccccc45)c4ccccc4n3)ccc1-2. The zero-order valence-corrected chi connectivity index (χ0v) is 32.4. The number of aliphatic imine (C=N–C) groups is 1. The minimum Gasteiger partial charge on any atom is -0.248 e. The molecule has 0 aliphatic heterocycles. The molecular weight excluding hydrogens is 691 g/mol. The van der Waals surface area contributed by atoms with Crippen LogP contribution in [-0.4, -0.2) is 15.7 Å². The molecule has 1 unspecified atom stereocenters. The lowest BCUT2D eigenvalue weighted by Gasteiger charge is -2.22. The lowest BCUT2D eigenvalue weighted by atomic mass is 9.81. The number of aromatic nitrogens is 2. The number of nitrogens with zero attached hydrogens (tertiary/aromatic N) is 3. The van der Waals surface area contributed by atoms with Gasteiger partial charge in [-0.15, -0.1) is 0 Å². The molecule has 0 fully saturated rings. The average Bonchev–Trinajstić information content (AvgIpc) is 3.49. The molecule has 1 atom stereocenters. The monoisotopic (exact) mass is 731 g/mol. The number of para-hydroxylation sites is 2. The molecule has 57 heavy (non-hydrogen) atoms. The fourth-order valence-electron chi connectivity index (χ4n) is 8.99. The van der Waals surface area contributed by atoms with E-state index in [2.05, 4.69) is 197 Å². The second-order valence-corrected chi connectivity index (χ2v) is 15.6. The number of allylic oxidation sites excluding steroid dienone is 1. The summed E-state index contributed by atoms with van der Waals surface area (Å²) in [7, 11) is 0. The summed E-state index contributed by atoms with van der Waals surface area (Å²) in [5.74, 6) is 0.879. The molecular formula is C54H41N3. The Labute approximate surface area is 333 Å². The summed E-state index contributed by atoms with van der Waals surface area (Å²) < 4.78 is 0. The number of hydrogen-bond donors (Lipinski definition) is 0. The predicted molar refractivity (Wildman–Crippen MR) is 240 cm³/mol. The number of rotatable bonds is 7. The van der Waals surface area contributed by atoms with Gasteiger partial charge in [0.2, 0.25) is 0 Å². The summed E-state index contributed by atoms with van der Waals surface area (Å²) in [5.41, 5.74) is 14.1. The summed E-state index contributed by atoms with van der Waals surface area (Å²) in [4.78, 5) is 15.8. The summed E-state index contributed by atoms with van der Waals surface area (Å²) >= 11 is 0. The molecule has 0 saturated heterocycles. The second-order valence-electron chi connectivity index (χ2n) is 15.6. The quantitative estimate of drug-likeness (QED) is 0.153. The van der Waals surface area contributed by atoms with Gasteiger partial charge in [0.05, 0.1) is 22.6 Å². The van der Waals surface area contributed by atoms with Crippen LogP contribution in [0.25, 0.3) is 66.2 Å². The van der Waals surface area contributed by atoms with Crippen LogP contribution in [0.5, 0.6) is 0 Å². The first-order valence-electron chi connectivity index (χ1n) is 19.7. The van der Waals surface area contributed by atoms with E-state index in [1.807, 2.05) is 6.08 Å². The van der Waals surface area contributed by atoms with Gasteiger partial charge in [0.15, 0.2) is 5.82 Å². The standard InChI is InChI=1S/C54H41N3/c1-5-49(55-50-26-12-10-20-40(50)34(2)39-24-14-18-35-16-6-8-21-41(35)39)37-28-30-43-44-31-29-38(33-48(44)54(3,4)47(43)32-37)53-56-51-27-13-11-23-46(51)52(57-53)45-25-15-19-36-17-7-9-22-42(36)45/h5-34H,1H2,2-4H3. The lowest BCUT2D eigenvalue weighted by molar-refractivity contribution is 0.660. The highest BCUT2D eigenvalue weighted by atomic mass is 14.9. The molecule has 0 N–H and O–H groups in total. The maximum Gasteiger partial charge on any atom is 0.160 e. The van der Waals surface area contributed by atoms with Gasteiger partial charge in [0, 0.05) is 33.4 Å². The van der Waals surface area contributed by atoms with Gasteiger partial charge >= 0.3 is 0 Å². The molecule has 0 amide bonds. The summed E-state index contributed by atoms with van der Waals surface area (Å²) in [6.07, 6.45) is 1.89. The highest BCUT2D eigenvalue weighted by Gasteiger charge is 2.36. The van der Waals surface area contributed by atoms with E-state index in [9.17, 15) is 0 Å². The molecule has 10 rings (SSSR count). The Bertz CT molecular complexity index is 3080. The van der Waals surface area contributed by atoms with Gasteiger partial charge in [-0.2, -0.15) is 0 Å². The Kier molecular flexibility index (Phi) is 8.27. The van der Waals surface area contributed by atoms with Crippen molar-refractivity contribution < 1.29 is 0 Å². The van der Waals surface area contributed by atoms with Crippen LogP contribution in [0.3, 0.4) is 0 Å². The molecule has 0 spiro atoms. The molecule has 0 radical (unpaired) electrons. The van der Waals surface area contributed by atoms with Gasteiger partial charge < -0.3 is 0 Å². The van der Waals surface area contributed by atoms with Crippen LogP contribution in [0, 0.1) is 0 Å². The van der Waals surface area contributed by atoms with E-state index in [-0.39, 0.29) is 11.3 Å². The first-order chi connectivity index (χ1) is 27.9. The first-order valence-corrected chi connectivity index (χ1v) is 19.7. The zero-order valence-electron chi connectivity index (χ0n) is 32.4. The van der Waals surface area contributed by atoms with Gasteiger partial charge in [-0.05, 0) is 85.3 Å². The van der Waals surface area contributed by atoms with Crippen molar-refractivity contribution in [2.24, 2.45) is 4.99 Å². The van der Waals surface area contributed by atoms with Crippen LogP contribution in [-0.2, 0) is 5.41 Å². The average molecular weight is 732 g/mol. The van der Waals surface area contributed by atoms with Crippen LogP contribution in [0.2, 0.25) is 0 Å². The molecule has 1 aromatic heterocycles. The van der Waals surface area contributed by atoms with E-state index in [1.165, 1.54) is 54.9 Å². The number of hydrogen-bond acceptors (Lipinski definition) is 3. The molecule has 1 heterocycles. The van der Waals surface area contributed by atoms with Gasteiger partial charge in [-0.3, -0.25) is 0 Å². The van der Waals surface area contributed by atoms with E-state index in [0.29, 0.717) is 0 Å². The van der Waals surface area contributed by atoms with Crippen LogP contribution < -0.4 is 0 Å². The van der Waals surface area contributed by atoms with Crippen LogP contribution in [0.1, 0.15) is 54.5 Å². The van der Waals surface area contributed by atoms with Crippen molar-refractivity contribution in [1.29, 1.82) is 0 Å². The van der Waals surface area contributed by atoms with Crippen LogP contribution in [0.15, 0.2) is 188 Å². The highest BCUT2D eigenvalue weighted by Crippen LogP contribution is 2.50. The molecule has 3 heteroatoms. The third kappa shape index (κ3) is 5.78. The fraction of sp³-hybridized carbons (Fsp3) is 0.0926. The second kappa shape index (κ2) is 13.6. The van der Waals surface area contributed by atoms with Crippen molar-refractivity contribution in [3.05, 3.63) is 210 Å². The Morgan fingerprint density at radius 1 is 0.579 bits per heavy atom. The van der Waals surface area contributed by atoms with Crippen molar-refractivity contribution in [2.45, 2.75) is 32.1 Å². The molecule has 0 saturated carbocycles. The Hall–Kier alpha value is -6.97. The Morgan fingerprint density at radius 2 is 1.19 bits per heavy atom. The summed E-state index contributed by atoms with van der Waals surface area (Å²) in [6, 6.07) is 60.5. The Morgan fingerprint density at radius 3 is 2.00 bits per heavy atom. The minimum atomic E-state index is -0.265. The van der Waals surface area contributed by atoms with Gasteiger partial charge in [-0.1, -0.05) is 173 Å². The van der Waals surface area contributed by atoms with E-state index in [4.69, 9.17) is 15.0 Å². The van der Waals surface area contributed by atoms with Gasteiger partial charge in [0.25, 0.3) is 0 Å². The molecule has 3 nitrogen and oxygen atoms in total. The van der Waals surface area contributed by atoms with Crippen molar-refractivity contribution in [3.8, 4) is 33.8 Å². The van der Waals surface area contributed by atoms with Crippen LogP contribution >= 0.6 is 0 Å². The van der Waals surface area contributed by atoms with E-state index in [1.54, 1.807) is 0 Å². The maximum absolute atomic E-state index is 5.32. The van der Waals surface area contributed by atoms with Gasteiger partial charge in [0.1, 0.15) is 0 Å². The third-order valence-electron chi connectivity index (χ3n) is 12.0. The number of benzene rings is 8. The minimum absolute atomic E-state index is 0.152. The van der Waals surface area contributed by atoms with E-state index >= 15 is 0 Å². The predicted octanol–water partition coefficient (Wildman–Crippen LogP) is 14.0. The summed E-state index contributed by atoms with van der Waals surface area (Å²) in [5, 5.41) is 5.95. The largest absolute Gasteiger partial charge is 0.248 e. The normalized spacial score (nSPS) is 13.8. The molecule has 1 aliphatic carbocycles. The smallest absolute Gasteiger partial charge is 0.160 e. The molecule has 0 bridgehead atoms. The van der Waals surface area contributed by atoms with Crippen molar-refractivity contribution in [2.75, 3.05) is 0 Å². The lowest BCUT2D eigenvalue weighted by Crippen LogP contribution is -2.16. The first kappa shape index (κ1) is 34.5. The van der Waals surface area contributed by atoms with Crippen molar-refractivity contribution >= 4 is 43.8 Å². The van der Waals surface area contributed by atoms with E-state index < -0.39 is 0 Å². The fourth-order valence-corrected chi connectivity index (χ4v) is 8.99. The third-order valence-corrected chi connectivity index (χ3v) is 12.0. The zero-order chi connectivity index (χ0) is 38.7. The number of fused-ring (bicyclic) bond motifs is 6. The molecule has 1 aliphatic rings. The highest BCUT2D eigenvalue weighted by molar-refractivity contribution is 6.10.